The molecule has 0 radical (unpaired) electrons. The molecule has 6 nitrogen and oxygen atoms in total. The fraction of sp³-hybridized carbons (Fsp3) is 0.130. The Labute approximate surface area is 167 Å². The highest BCUT2D eigenvalue weighted by Crippen LogP contribution is 2.28. The fourth-order valence-corrected chi connectivity index (χ4v) is 3.32. The largest absolute Gasteiger partial charge is 0.463 e. The van der Waals surface area contributed by atoms with Crippen molar-refractivity contribution >= 4 is 28.7 Å². The van der Waals surface area contributed by atoms with Crippen LogP contribution in [0.15, 0.2) is 77.4 Å². The number of hydrogen-bond acceptors (Lipinski definition) is 4. The van der Waals surface area contributed by atoms with Crippen LogP contribution in [0.3, 0.4) is 0 Å². The first-order chi connectivity index (χ1) is 14.2. The van der Waals surface area contributed by atoms with Crippen LogP contribution in [0.25, 0.3) is 22.2 Å². The first-order valence-corrected chi connectivity index (χ1v) is 9.35. The molecule has 29 heavy (non-hydrogen) atoms. The van der Waals surface area contributed by atoms with Crippen LogP contribution >= 0.6 is 0 Å². The average molecular weight is 388 g/mol. The summed E-state index contributed by atoms with van der Waals surface area (Å²) in [6.07, 6.45) is 1.53. The minimum Gasteiger partial charge on any atom is -0.463 e. The number of esters is 1. The van der Waals surface area contributed by atoms with Crippen LogP contribution in [0.2, 0.25) is 0 Å². The summed E-state index contributed by atoms with van der Waals surface area (Å²) in [6, 6.07) is 20.8. The van der Waals surface area contributed by atoms with Gasteiger partial charge in [-0.05, 0) is 18.6 Å². The molecule has 0 aliphatic rings. The molecule has 0 spiro atoms. The van der Waals surface area contributed by atoms with Gasteiger partial charge in [0, 0.05) is 23.4 Å². The molecule has 0 aliphatic carbocycles. The Kier molecular flexibility index (Phi) is 5.16. The van der Waals surface area contributed by atoms with E-state index in [1.807, 2.05) is 54.6 Å². The van der Waals surface area contributed by atoms with E-state index in [4.69, 9.17) is 9.15 Å². The van der Waals surface area contributed by atoms with Crippen molar-refractivity contribution in [2.75, 3.05) is 11.9 Å². The standard InChI is InChI=1S/C23H20N2O4/c1-2-28-23(27)20-14-21-19(12-13-29-21)25(20)15-22(26)24-18-11-7-6-10-17(18)16-8-4-3-5-9-16/h3-14H,2,15H2,1H3,(H,24,26). The number of anilines is 1. The quantitative estimate of drug-likeness (QED) is 0.485. The number of fused-ring (bicyclic) bond motifs is 1. The Morgan fingerprint density at radius 2 is 1.79 bits per heavy atom. The summed E-state index contributed by atoms with van der Waals surface area (Å²) >= 11 is 0. The number of para-hydroxylation sites is 1. The highest BCUT2D eigenvalue weighted by Gasteiger charge is 2.20. The van der Waals surface area contributed by atoms with Gasteiger partial charge in [-0.25, -0.2) is 4.79 Å². The van der Waals surface area contributed by atoms with Crippen molar-refractivity contribution in [3.05, 3.63) is 78.7 Å². The lowest BCUT2D eigenvalue weighted by Crippen LogP contribution is -2.22. The summed E-state index contributed by atoms with van der Waals surface area (Å²) < 4.78 is 12.1. The maximum Gasteiger partial charge on any atom is 0.355 e. The van der Waals surface area contributed by atoms with Gasteiger partial charge in [0.15, 0.2) is 5.58 Å². The van der Waals surface area contributed by atoms with Crippen molar-refractivity contribution in [3.63, 3.8) is 0 Å². The second kappa shape index (κ2) is 8.06. The summed E-state index contributed by atoms with van der Waals surface area (Å²) in [5, 5.41) is 2.96. The zero-order valence-corrected chi connectivity index (χ0v) is 15.9. The van der Waals surface area contributed by atoms with Gasteiger partial charge in [-0.3, -0.25) is 4.79 Å². The van der Waals surface area contributed by atoms with Crippen molar-refractivity contribution in [1.82, 2.24) is 4.57 Å². The summed E-state index contributed by atoms with van der Waals surface area (Å²) in [5.74, 6) is -0.742. The third-order valence-electron chi connectivity index (χ3n) is 4.60. The summed E-state index contributed by atoms with van der Waals surface area (Å²) in [6.45, 7) is 1.95. The number of rotatable bonds is 6. The van der Waals surface area contributed by atoms with Gasteiger partial charge in [0.2, 0.25) is 5.91 Å². The first-order valence-electron chi connectivity index (χ1n) is 9.35. The topological polar surface area (TPSA) is 73.5 Å². The minimum absolute atomic E-state index is 0.0414. The van der Waals surface area contributed by atoms with Crippen LogP contribution in [0.4, 0.5) is 5.69 Å². The number of hydrogen-bond donors (Lipinski definition) is 1. The molecule has 0 atom stereocenters. The van der Waals surface area contributed by atoms with E-state index in [1.165, 1.54) is 6.26 Å². The number of nitrogens with one attached hydrogen (secondary N) is 1. The smallest absolute Gasteiger partial charge is 0.355 e. The first kappa shape index (κ1) is 18.6. The highest BCUT2D eigenvalue weighted by atomic mass is 16.5. The third-order valence-corrected chi connectivity index (χ3v) is 4.60. The number of carbonyl (C=O) groups excluding carboxylic acids is 2. The van der Waals surface area contributed by atoms with E-state index >= 15 is 0 Å². The van der Waals surface area contributed by atoms with Crippen LogP contribution in [-0.4, -0.2) is 23.1 Å². The predicted molar refractivity (Wildman–Crippen MR) is 111 cm³/mol. The van der Waals surface area contributed by atoms with Gasteiger partial charge >= 0.3 is 5.97 Å². The van der Waals surface area contributed by atoms with Gasteiger partial charge < -0.3 is 19.0 Å². The van der Waals surface area contributed by atoms with Crippen molar-refractivity contribution in [2.45, 2.75) is 13.5 Å². The minimum atomic E-state index is -0.489. The summed E-state index contributed by atoms with van der Waals surface area (Å²) in [5.41, 5.74) is 4.12. The van der Waals surface area contributed by atoms with Crippen molar-refractivity contribution in [1.29, 1.82) is 0 Å². The maximum absolute atomic E-state index is 12.8. The lowest BCUT2D eigenvalue weighted by Gasteiger charge is -2.13. The van der Waals surface area contributed by atoms with E-state index < -0.39 is 5.97 Å². The Morgan fingerprint density at radius 1 is 1.03 bits per heavy atom. The van der Waals surface area contributed by atoms with Gasteiger partial charge in [-0.2, -0.15) is 0 Å². The number of carbonyl (C=O) groups is 2. The SMILES string of the molecule is CCOC(=O)c1cc2occc2n1CC(=O)Nc1ccccc1-c1ccccc1. The molecular formula is C23H20N2O4. The van der Waals surface area contributed by atoms with E-state index in [9.17, 15) is 9.59 Å². The Balaban J connectivity index is 1.61. The predicted octanol–water partition coefficient (Wildman–Crippen LogP) is 4.72. The second-order valence-corrected chi connectivity index (χ2v) is 6.47. The van der Waals surface area contributed by atoms with Crippen LogP contribution in [0, 0.1) is 0 Å². The Hall–Kier alpha value is -3.80. The monoisotopic (exact) mass is 388 g/mol. The van der Waals surface area contributed by atoms with Gasteiger partial charge in [0.25, 0.3) is 0 Å². The molecule has 2 heterocycles. The summed E-state index contributed by atoms with van der Waals surface area (Å²) in [4.78, 5) is 25.1. The molecule has 0 saturated heterocycles. The second-order valence-electron chi connectivity index (χ2n) is 6.47. The molecule has 0 fully saturated rings. The molecule has 1 amide bonds. The highest BCUT2D eigenvalue weighted by molar-refractivity contribution is 5.98. The van der Waals surface area contributed by atoms with Gasteiger partial charge in [0.05, 0.1) is 18.4 Å². The molecular weight excluding hydrogens is 368 g/mol. The van der Waals surface area contributed by atoms with E-state index in [0.29, 0.717) is 16.8 Å². The number of furan rings is 1. The van der Waals surface area contributed by atoms with Crippen molar-refractivity contribution < 1.29 is 18.7 Å². The van der Waals surface area contributed by atoms with Crippen LogP contribution in [0.1, 0.15) is 17.4 Å². The molecule has 0 saturated carbocycles. The molecule has 4 rings (SSSR count). The number of benzene rings is 2. The Bertz CT molecular complexity index is 1160. The normalized spacial score (nSPS) is 10.8. The summed E-state index contributed by atoms with van der Waals surface area (Å²) in [7, 11) is 0. The molecule has 0 unspecified atom stereocenters. The number of amides is 1. The fourth-order valence-electron chi connectivity index (χ4n) is 3.32. The zero-order chi connectivity index (χ0) is 20.2. The third kappa shape index (κ3) is 3.78. The van der Waals surface area contributed by atoms with E-state index in [0.717, 1.165) is 11.1 Å². The van der Waals surface area contributed by atoms with Crippen LogP contribution in [-0.2, 0) is 16.1 Å². The molecule has 2 aromatic heterocycles. The number of nitrogens with zero attached hydrogens (tertiary/aromatic N) is 1. The lowest BCUT2D eigenvalue weighted by molar-refractivity contribution is -0.116. The average Bonchev–Trinajstić information content (AvgIpc) is 3.32. The zero-order valence-electron chi connectivity index (χ0n) is 15.9. The van der Waals surface area contributed by atoms with E-state index in [2.05, 4.69) is 5.32 Å². The molecule has 0 bridgehead atoms. The van der Waals surface area contributed by atoms with Crippen molar-refractivity contribution in [3.8, 4) is 11.1 Å². The molecule has 0 aliphatic heterocycles. The van der Waals surface area contributed by atoms with Crippen LogP contribution < -0.4 is 5.32 Å². The van der Waals surface area contributed by atoms with Gasteiger partial charge in [0.1, 0.15) is 12.2 Å². The van der Waals surface area contributed by atoms with E-state index in [-0.39, 0.29) is 24.8 Å². The molecule has 1 N–H and O–H groups in total. The number of aromatic nitrogens is 1. The van der Waals surface area contributed by atoms with E-state index in [1.54, 1.807) is 23.6 Å². The van der Waals surface area contributed by atoms with Gasteiger partial charge in [-0.1, -0.05) is 48.5 Å². The molecule has 6 heteroatoms. The molecule has 2 aromatic carbocycles. The Morgan fingerprint density at radius 3 is 2.59 bits per heavy atom. The molecule has 4 aromatic rings. The van der Waals surface area contributed by atoms with Crippen LogP contribution in [0.5, 0.6) is 0 Å². The maximum atomic E-state index is 12.8. The number of ether oxygens (including phenoxy) is 1. The molecule has 146 valence electrons. The van der Waals surface area contributed by atoms with Crippen molar-refractivity contribution in [2.24, 2.45) is 0 Å². The lowest BCUT2D eigenvalue weighted by atomic mass is 10.0. The van der Waals surface area contributed by atoms with Gasteiger partial charge in [-0.15, -0.1) is 0 Å².